The summed E-state index contributed by atoms with van der Waals surface area (Å²) in [5.41, 5.74) is 0. The van der Waals surface area contributed by atoms with Crippen LogP contribution in [0.1, 0.15) is 20.3 Å². The summed E-state index contributed by atoms with van der Waals surface area (Å²) in [7, 11) is 0. The van der Waals surface area contributed by atoms with Crippen LogP contribution in [0.5, 0.6) is 11.5 Å². The van der Waals surface area contributed by atoms with Crippen molar-refractivity contribution in [2.24, 2.45) is 0 Å². The molecule has 0 unspecified atom stereocenters. The van der Waals surface area contributed by atoms with E-state index in [0.29, 0.717) is 24.5 Å². The van der Waals surface area contributed by atoms with E-state index in [1.54, 1.807) is 38.1 Å². The summed E-state index contributed by atoms with van der Waals surface area (Å²) in [6.07, 6.45) is 0.321. The highest BCUT2D eigenvalue weighted by molar-refractivity contribution is 5.72. The Morgan fingerprint density at radius 1 is 1.00 bits per heavy atom. The van der Waals surface area contributed by atoms with Crippen molar-refractivity contribution >= 4 is 11.9 Å². The summed E-state index contributed by atoms with van der Waals surface area (Å²) in [5, 5.41) is 0. The minimum Gasteiger partial charge on any atom is -0.482 e. The van der Waals surface area contributed by atoms with Crippen LogP contribution >= 0.6 is 0 Å². The second-order valence-electron chi connectivity index (χ2n) is 3.39. The first-order valence-electron chi connectivity index (χ1n) is 5.74. The van der Waals surface area contributed by atoms with Crippen molar-refractivity contribution in [3.05, 3.63) is 24.3 Å². The Morgan fingerprint density at radius 3 is 2.17 bits per heavy atom. The van der Waals surface area contributed by atoms with Gasteiger partial charge >= 0.3 is 11.9 Å². The SMILES string of the molecule is CCOC(=O)COc1ccc(OC(=O)CC)cc1. The molecule has 0 radical (unpaired) electrons. The van der Waals surface area contributed by atoms with Gasteiger partial charge in [-0.2, -0.15) is 0 Å². The lowest BCUT2D eigenvalue weighted by atomic mass is 10.3. The molecule has 0 saturated carbocycles. The summed E-state index contributed by atoms with van der Waals surface area (Å²) < 4.78 is 14.9. The van der Waals surface area contributed by atoms with Gasteiger partial charge in [-0.3, -0.25) is 4.79 Å². The molecule has 0 aromatic heterocycles. The van der Waals surface area contributed by atoms with Crippen LogP contribution in [0.2, 0.25) is 0 Å². The van der Waals surface area contributed by atoms with Gasteiger partial charge in [0, 0.05) is 6.42 Å². The van der Waals surface area contributed by atoms with Gasteiger partial charge in [0.15, 0.2) is 6.61 Å². The van der Waals surface area contributed by atoms with E-state index in [4.69, 9.17) is 14.2 Å². The predicted octanol–water partition coefficient (Wildman–Crippen LogP) is 1.94. The standard InChI is InChI=1S/C13H16O5/c1-3-12(14)18-11-7-5-10(6-8-11)17-9-13(15)16-4-2/h5-8H,3-4,9H2,1-2H3. The molecule has 0 heterocycles. The quantitative estimate of drug-likeness (QED) is 0.572. The van der Waals surface area contributed by atoms with Gasteiger partial charge in [-0.05, 0) is 31.2 Å². The van der Waals surface area contributed by atoms with Crippen LogP contribution < -0.4 is 9.47 Å². The van der Waals surface area contributed by atoms with Crippen LogP contribution in [-0.4, -0.2) is 25.2 Å². The fourth-order valence-corrected chi connectivity index (χ4v) is 1.15. The van der Waals surface area contributed by atoms with Crippen molar-refractivity contribution in [3.63, 3.8) is 0 Å². The second kappa shape index (κ2) is 7.32. The van der Waals surface area contributed by atoms with E-state index in [-0.39, 0.29) is 12.6 Å². The fourth-order valence-electron chi connectivity index (χ4n) is 1.15. The van der Waals surface area contributed by atoms with Gasteiger partial charge in [-0.1, -0.05) is 6.92 Å². The molecule has 18 heavy (non-hydrogen) atoms. The van der Waals surface area contributed by atoms with Gasteiger partial charge < -0.3 is 14.2 Å². The maximum absolute atomic E-state index is 11.1. The van der Waals surface area contributed by atoms with Gasteiger partial charge in [0.1, 0.15) is 11.5 Å². The predicted molar refractivity (Wildman–Crippen MR) is 64.5 cm³/mol. The topological polar surface area (TPSA) is 61.8 Å². The van der Waals surface area contributed by atoms with E-state index in [0.717, 1.165) is 0 Å². The van der Waals surface area contributed by atoms with E-state index in [9.17, 15) is 9.59 Å². The van der Waals surface area contributed by atoms with Gasteiger partial charge in [-0.15, -0.1) is 0 Å². The fraction of sp³-hybridized carbons (Fsp3) is 0.385. The lowest BCUT2D eigenvalue weighted by Crippen LogP contribution is -2.14. The third-order valence-corrected chi connectivity index (χ3v) is 2.01. The van der Waals surface area contributed by atoms with Crippen molar-refractivity contribution in [2.45, 2.75) is 20.3 Å². The van der Waals surface area contributed by atoms with Gasteiger partial charge in [0.25, 0.3) is 0 Å². The zero-order valence-corrected chi connectivity index (χ0v) is 10.5. The molecule has 0 atom stereocenters. The molecule has 5 heteroatoms. The third-order valence-electron chi connectivity index (χ3n) is 2.01. The minimum absolute atomic E-state index is 0.137. The van der Waals surface area contributed by atoms with Crippen molar-refractivity contribution in [2.75, 3.05) is 13.2 Å². The highest BCUT2D eigenvalue weighted by Crippen LogP contribution is 2.17. The Morgan fingerprint density at radius 2 is 1.61 bits per heavy atom. The van der Waals surface area contributed by atoms with Crippen molar-refractivity contribution in [1.29, 1.82) is 0 Å². The smallest absolute Gasteiger partial charge is 0.344 e. The molecular weight excluding hydrogens is 236 g/mol. The van der Waals surface area contributed by atoms with Crippen molar-refractivity contribution in [3.8, 4) is 11.5 Å². The number of ether oxygens (including phenoxy) is 3. The average Bonchev–Trinajstić information content (AvgIpc) is 2.38. The molecule has 0 bridgehead atoms. The number of hydrogen-bond donors (Lipinski definition) is 0. The van der Waals surface area contributed by atoms with Gasteiger partial charge in [-0.25, -0.2) is 4.79 Å². The number of benzene rings is 1. The molecule has 0 N–H and O–H groups in total. The van der Waals surface area contributed by atoms with E-state index < -0.39 is 5.97 Å². The maximum Gasteiger partial charge on any atom is 0.344 e. The summed E-state index contributed by atoms with van der Waals surface area (Å²) in [4.78, 5) is 22.1. The molecule has 0 spiro atoms. The Kier molecular flexibility index (Phi) is 5.70. The molecule has 0 fully saturated rings. The summed E-state index contributed by atoms with van der Waals surface area (Å²) in [6.45, 7) is 3.64. The Bertz CT molecular complexity index is 396. The average molecular weight is 252 g/mol. The molecule has 0 aliphatic rings. The largest absolute Gasteiger partial charge is 0.482 e. The highest BCUT2D eigenvalue weighted by atomic mass is 16.6. The molecule has 1 rings (SSSR count). The normalized spacial score (nSPS) is 9.67. The van der Waals surface area contributed by atoms with Crippen molar-refractivity contribution in [1.82, 2.24) is 0 Å². The van der Waals surface area contributed by atoms with E-state index >= 15 is 0 Å². The van der Waals surface area contributed by atoms with Crippen molar-refractivity contribution < 1.29 is 23.8 Å². The van der Waals surface area contributed by atoms with Crippen LogP contribution in [0.15, 0.2) is 24.3 Å². The zero-order chi connectivity index (χ0) is 13.4. The molecule has 0 aliphatic heterocycles. The molecule has 1 aromatic rings. The molecule has 0 aliphatic carbocycles. The number of carbonyl (C=O) groups excluding carboxylic acids is 2. The first kappa shape index (κ1) is 14.0. The molecule has 0 amide bonds. The Balaban J connectivity index is 2.45. The minimum atomic E-state index is -0.418. The van der Waals surface area contributed by atoms with Crippen LogP contribution in [-0.2, 0) is 14.3 Å². The summed E-state index contributed by atoms with van der Waals surface area (Å²) in [6, 6.07) is 6.46. The van der Waals surface area contributed by atoms with E-state index in [1.807, 2.05) is 0 Å². The monoisotopic (exact) mass is 252 g/mol. The Labute approximate surface area is 106 Å². The zero-order valence-electron chi connectivity index (χ0n) is 10.5. The summed E-state index contributed by atoms with van der Waals surface area (Å²) >= 11 is 0. The van der Waals surface area contributed by atoms with Crippen LogP contribution in [0, 0.1) is 0 Å². The molecule has 5 nitrogen and oxygen atoms in total. The molecular formula is C13H16O5. The summed E-state index contributed by atoms with van der Waals surface area (Å²) in [5.74, 6) is 0.249. The number of rotatable bonds is 6. The molecule has 98 valence electrons. The van der Waals surface area contributed by atoms with Crippen LogP contribution in [0.25, 0.3) is 0 Å². The third kappa shape index (κ3) is 4.86. The lowest BCUT2D eigenvalue weighted by Gasteiger charge is -2.07. The molecule has 1 aromatic carbocycles. The Hall–Kier alpha value is -2.04. The number of hydrogen-bond acceptors (Lipinski definition) is 5. The van der Waals surface area contributed by atoms with Crippen LogP contribution in [0.4, 0.5) is 0 Å². The van der Waals surface area contributed by atoms with Gasteiger partial charge in [0.05, 0.1) is 6.61 Å². The lowest BCUT2D eigenvalue weighted by molar-refractivity contribution is -0.145. The van der Waals surface area contributed by atoms with E-state index in [2.05, 4.69) is 0 Å². The van der Waals surface area contributed by atoms with Crippen LogP contribution in [0.3, 0.4) is 0 Å². The first-order valence-corrected chi connectivity index (χ1v) is 5.74. The first-order chi connectivity index (χ1) is 8.65. The second-order valence-corrected chi connectivity index (χ2v) is 3.39. The van der Waals surface area contributed by atoms with E-state index in [1.165, 1.54) is 0 Å². The maximum atomic E-state index is 11.1. The highest BCUT2D eigenvalue weighted by Gasteiger charge is 2.04. The van der Waals surface area contributed by atoms with Gasteiger partial charge in [0.2, 0.25) is 0 Å². The number of carbonyl (C=O) groups is 2. The molecule has 0 saturated heterocycles. The number of esters is 2.